The highest BCUT2D eigenvalue weighted by Gasteiger charge is 2.10. The fraction of sp³-hybridized carbons (Fsp3) is 0.529. The molecule has 1 aromatic rings. The minimum absolute atomic E-state index is 0.0254. The van der Waals surface area contributed by atoms with Crippen molar-refractivity contribution in [1.82, 2.24) is 0 Å². The summed E-state index contributed by atoms with van der Waals surface area (Å²) >= 11 is 0. The van der Waals surface area contributed by atoms with Crippen LogP contribution in [0.25, 0.3) is 0 Å². The van der Waals surface area contributed by atoms with Gasteiger partial charge in [-0.15, -0.1) is 0 Å². The molecule has 0 spiro atoms. The lowest BCUT2D eigenvalue weighted by Crippen LogP contribution is -2.29. The number of unbranched alkanes of at least 4 members (excludes halogenated alkanes) is 1. The largest absolute Gasteiger partial charge is 0.313 e. The lowest BCUT2D eigenvalue weighted by molar-refractivity contribution is -0.116. The number of carbonyl (C=O) groups is 2. The molecular weight excluding hydrogens is 250 g/mol. The number of hydrogen-bond acceptors (Lipinski definition) is 2. The fourth-order valence-electron chi connectivity index (χ4n) is 1.57. The topological polar surface area (TPSA) is 37.4 Å². The quantitative estimate of drug-likeness (QED) is 0.745. The SMILES string of the molecule is CCCC.CCCN(C(C)=O)c1ccc(C(C)=O)cc1. The van der Waals surface area contributed by atoms with E-state index in [1.54, 1.807) is 24.0 Å². The van der Waals surface area contributed by atoms with Crippen molar-refractivity contribution in [1.29, 1.82) is 0 Å². The molecule has 0 aliphatic heterocycles. The summed E-state index contributed by atoms with van der Waals surface area (Å²) in [7, 11) is 0. The number of benzene rings is 1. The number of ketones is 1. The van der Waals surface area contributed by atoms with Gasteiger partial charge in [-0.2, -0.15) is 0 Å². The zero-order chi connectivity index (χ0) is 15.5. The van der Waals surface area contributed by atoms with Crippen LogP contribution in [0, 0.1) is 0 Å². The Hall–Kier alpha value is -1.64. The molecule has 0 bridgehead atoms. The number of Topliss-reactive ketones (excluding diaryl/α,β-unsaturated/α-hetero) is 1. The molecule has 0 fully saturated rings. The molecule has 0 aliphatic rings. The Balaban J connectivity index is 0.000000796. The molecule has 0 aliphatic carbocycles. The van der Waals surface area contributed by atoms with Crippen molar-refractivity contribution in [3.8, 4) is 0 Å². The maximum atomic E-state index is 11.4. The maximum Gasteiger partial charge on any atom is 0.223 e. The van der Waals surface area contributed by atoms with E-state index in [1.807, 2.05) is 19.1 Å². The Morgan fingerprint density at radius 3 is 1.70 bits per heavy atom. The van der Waals surface area contributed by atoms with Crippen molar-refractivity contribution in [3.05, 3.63) is 29.8 Å². The summed E-state index contributed by atoms with van der Waals surface area (Å²) in [5.74, 6) is 0.0637. The lowest BCUT2D eigenvalue weighted by atomic mass is 10.1. The minimum atomic E-state index is 0.0254. The van der Waals surface area contributed by atoms with Crippen molar-refractivity contribution in [2.75, 3.05) is 11.4 Å². The van der Waals surface area contributed by atoms with E-state index in [0.29, 0.717) is 12.1 Å². The van der Waals surface area contributed by atoms with Gasteiger partial charge in [-0.25, -0.2) is 0 Å². The highest BCUT2D eigenvalue weighted by molar-refractivity contribution is 5.95. The Bertz CT molecular complexity index is 408. The zero-order valence-electron chi connectivity index (χ0n) is 13.4. The van der Waals surface area contributed by atoms with E-state index in [1.165, 1.54) is 19.8 Å². The molecule has 1 amide bonds. The van der Waals surface area contributed by atoms with E-state index in [2.05, 4.69) is 13.8 Å². The molecule has 0 unspecified atom stereocenters. The summed E-state index contributed by atoms with van der Waals surface area (Å²) in [6, 6.07) is 7.13. The van der Waals surface area contributed by atoms with E-state index in [0.717, 1.165) is 12.1 Å². The fourth-order valence-corrected chi connectivity index (χ4v) is 1.57. The zero-order valence-corrected chi connectivity index (χ0v) is 13.4. The Labute approximate surface area is 123 Å². The van der Waals surface area contributed by atoms with Crippen LogP contribution in [-0.4, -0.2) is 18.2 Å². The third-order valence-electron chi connectivity index (χ3n) is 2.91. The Kier molecular flexibility index (Phi) is 9.35. The maximum absolute atomic E-state index is 11.4. The van der Waals surface area contributed by atoms with Crippen molar-refractivity contribution < 1.29 is 9.59 Å². The van der Waals surface area contributed by atoms with Gasteiger partial charge in [0.05, 0.1) is 0 Å². The van der Waals surface area contributed by atoms with Crippen LogP contribution in [0.15, 0.2) is 24.3 Å². The smallest absolute Gasteiger partial charge is 0.223 e. The normalized spacial score (nSPS) is 9.45. The van der Waals surface area contributed by atoms with Crippen LogP contribution in [0.3, 0.4) is 0 Å². The summed E-state index contributed by atoms with van der Waals surface area (Å²) in [5.41, 5.74) is 1.52. The van der Waals surface area contributed by atoms with E-state index in [4.69, 9.17) is 0 Å². The molecule has 3 nitrogen and oxygen atoms in total. The van der Waals surface area contributed by atoms with Gasteiger partial charge in [0.2, 0.25) is 5.91 Å². The third kappa shape index (κ3) is 6.50. The molecule has 0 saturated carbocycles. The molecule has 0 saturated heterocycles. The molecule has 112 valence electrons. The molecule has 0 N–H and O–H groups in total. The van der Waals surface area contributed by atoms with E-state index in [9.17, 15) is 9.59 Å². The van der Waals surface area contributed by atoms with E-state index >= 15 is 0 Å². The molecular formula is C17H27NO2. The summed E-state index contributed by atoms with van der Waals surface area (Å²) in [6.07, 6.45) is 3.55. The predicted molar refractivity (Wildman–Crippen MR) is 85.3 cm³/mol. The molecule has 0 radical (unpaired) electrons. The van der Waals surface area contributed by atoms with Gasteiger partial charge in [-0.1, -0.05) is 33.6 Å². The van der Waals surface area contributed by atoms with Crippen molar-refractivity contribution in [2.24, 2.45) is 0 Å². The van der Waals surface area contributed by atoms with Gasteiger partial charge in [0, 0.05) is 24.7 Å². The minimum Gasteiger partial charge on any atom is -0.313 e. The number of carbonyl (C=O) groups excluding carboxylic acids is 2. The van der Waals surface area contributed by atoms with Crippen molar-refractivity contribution in [3.63, 3.8) is 0 Å². The first-order valence-corrected chi connectivity index (χ1v) is 7.36. The van der Waals surface area contributed by atoms with E-state index in [-0.39, 0.29) is 11.7 Å². The lowest BCUT2D eigenvalue weighted by Gasteiger charge is -2.20. The summed E-state index contributed by atoms with van der Waals surface area (Å²) in [5, 5.41) is 0. The summed E-state index contributed by atoms with van der Waals surface area (Å²) in [4.78, 5) is 24.2. The number of nitrogens with zero attached hydrogens (tertiary/aromatic N) is 1. The van der Waals surface area contributed by atoms with Gasteiger partial charge in [-0.3, -0.25) is 9.59 Å². The molecule has 0 atom stereocenters. The number of amides is 1. The van der Waals surface area contributed by atoms with Crippen LogP contribution < -0.4 is 4.90 Å². The molecule has 3 heteroatoms. The van der Waals surface area contributed by atoms with Gasteiger partial charge in [0.15, 0.2) is 5.78 Å². The number of anilines is 1. The average molecular weight is 277 g/mol. The Morgan fingerprint density at radius 2 is 1.40 bits per heavy atom. The van der Waals surface area contributed by atoms with Crippen LogP contribution in [0.5, 0.6) is 0 Å². The molecule has 0 heterocycles. The molecule has 1 rings (SSSR count). The average Bonchev–Trinajstić information content (AvgIpc) is 2.44. The van der Waals surface area contributed by atoms with Crippen LogP contribution in [0.4, 0.5) is 5.69 Å². The van der Waals surface area contributed by atoms with Crippen LogP contribution in [0.1, 0.15) is 64.2 Å². The van der Waals surface area contributed by atoms with Gasteiger partial charge >= 0.3 is 0 Å². The van der Waals surface area contributed by atoms with Crippen molar-refractivity contribution >= 4 is 17.4 Å². The molecule has 0 aromatic heterocycles. The number of hydrogen-bond donors (Lipinski definition) is 0. The van der Waals surface area contributed by atoms with Gasteiger partial charge in [0.1, 0.15) is 0 Å². The third-order valence-corrected chi connectivity index (χ3v) is 2.91. The van der Waals surface area contributed by atoms with Crippen LogP contribution in [0.2, 0.25) is 0 Å². The first-order valence-electron chi connectivity index (χ1n) is 7.36. The van der Waals surface area contributed by atoms with Gasteiger partial charge in [0.25, 0.3) is 0 Å². The highest BCUT2D eigenvalue weighted by Crippen LogP contribution is 2.16. The Morgan fingerprint density at radius 1 is 0.900 bits per heavy atom. The monoisotopic (exact) mass is 277 g/mol. The summed E-state index contributed by atoms with van der Waals surface area (Å²) in [6.45, 7) is 10.2. The van der Waals surface area contributed by atoms with Crippen molar-refractivity contribution in [2.45, 2.75) is 53.9 Å². The second kappa shape index (κ2) is 10.2. The van der Waals surface area contributed by atoms with E-state index < -0.39 is 0 Å². The first kappa shape index (κ1) is 18.4. The first-order chi connectivity index (χ1) is 9.47. The highest BCUT2D eigenvalue weighted by atomic mass is 16.2. The van der Waals surface area contributed by atoms with Gasteiger partial charge < -0.3 is 4.90 Å². The summed E-state index contributed by atoms with van der Waals surface area (Å²) < 4.78 is 0. The standard InChI is InChI=1S/C13H17NO2.C4H10/c1-4-9-14(11(3)16)13-7-5-12(6-8-13)10(2)15;1-3-4-2/h5-8H,4,9H2,1-3H3;3-4H2,1-2H3. The second-order valence-electron chi connectivity index (χ2n) is 4.77. The van der Waals surface area contributed by atoms with Gasteiger partial charge in [-0.05, 0) is 37.6 Å². The second-order valence-corrected chi connectivity index (χ2v) is 4.77. The van der Waals surface area contributed by atoms with Crippen LogP contribution in [-0.2, 0) is 4.79 Å². The number of rotatable bonds is 5. The molecule has 1 aromatic carbocycles. The van der Waals surface area contributed by atoms with Crippen LogP contribution >= 0.6 is 0 Å². The molecule has 20 heavy (non-hydrogen) atoms. The predicted octanol–water partition coefficient (Wildman–Crippen LogP) is 4.46.